The minimum atomic E-state index is -0.326. The Kier molecular flexibility index (Phi) is 4.23. The van der Waals surface area contributed by atoms with E-state index in [-0.39, 0.29) is 18.6 Å². The number of aromatic nitrogens is 4. The summed E-state index contributed by atoms with van der Waals surface area (Å²) in [6.07, 6.45) is 1.41. The molecular weight excluding hydrogens is 314 g/mol. The zero-order valence-corrected chi connectivity index (χ0v) is 11.7. The molecule has 0 aliphatic rings. The number of halogens is 1. The first-order valence-electron chi connectivity index (χ1n) is 5.56. The molecule has 0 fully saturated rings. The van der Waals surface area contributed by atoms with E-state index in [0.717, 1.165) is 4.47 Å². The number of nitrogens with zero attached hydrogens (tertiary/aromatic N) is 4. The topological polar surface area (TPSA) is 92.9 Å². The van der Waals surface area contributed by atoms with Crippen molar-refractivity contribution in [1.82, 2.24) is 25.5 Å². The molecule has 0 bridgehead atoms. The molecule has 2 rings (SSSR count). The van der Waals surface area contributed by atoms with Crippen LogP contribution >= 0.6 is 15.9 Å². The minimum Gasteiger partial charge on any atom is -0.394 e. The van der Waals surface area contributed by atoms with E-state index in [9.17, 15) is 4.79 Å². The highest BCUT2D eigenvalue weighted by Crippen LogP contribution is 2.19. The molecule has 0 saturated heterocycles. The molecule has 0 radical (unpaired) electrons. The van der Waals surface area contributed by atoms with Crippen LogP contribution in [-0.4, -0.2) is 43.9 Å². The Labute approximate surface area is 117 Å². The van der Waals surface area contributed by atoms with E-state index < -0.39 is 0 Å². The van der Waals surface area contributed by atoms with Gasteiger partial charge in [-0.05, 0) is 35.5 Å². The van der Waals surface area contributed by atoms with Gasteiger partial charge in [0.2, 0.25) is 0 Å². The first kappa shape index (κ1) is 13.6. The van der Waals surface area contributed by atoms with Crippen molar-refractivity contribution in [3.8, 4) is 5.69 Å². The predicted molar refractivity (Wildman–Crippen MR) is 70.9 cm³/mol. The van der Waals surface area contributed by atoms with Crippen molar-refractivity contribution < 1.29 is 9.90 Å². The van der Waals surface area contributed by atoms with Crippen molar-refractivity contribution in [2.45, 2.75) is 13.0 Å². The van der Waals surface area contributed by atoms with Gasteiger partial charge in [0.05, 0.1) is 17.9 Å². The van der Waals surface area contributed by atoms with Crippen molar-refractivity contribution >= 4 is 21.8 Å². The third-order valence-electron chi connectivity index (χ3n) is 2.45. The zero-order chi connectivity index (χ0) is 13.8. The molecule has 1 aromatic heterocycles. The number of benzene rings is 1. The maximum atomic E-state index is 12.2. The van der Waals surface area contributed by atoms with Crippen molar-refractivity contribution in [2.75, 3.05) is 6.61 Å². The van der Waals surface area contributed by atoms with Gasteiger partial charge in [0, 0.05) is 10.5 Å². The third-order valence-corrected chi connectivity index (χ3v) is 2.94. The van der Waals surface area contributed by atoms with E-state index in [1.165, 1.54) is 11.0 Å². The summed E-state index contributed by atoms with van der Waals surface area (Å²) in [4.78, 5) is 12.2. The van der Waals surface area contributed by atoms with Crippen molar-refractivity contribution in [3.05, 3.63) is 34.6 Å². The quantitative estimate of drug-likeness (QED) is 0.855. The third kappa shape index (κ3) is 3.15. The summed E-state index contributed by atoms with van der Waals surface area (Å²) in [6, 6.07) is 4.88. The molecule has 8 heteroatoms. The highest BCUT2D eigenvalue weighted by molar-refractivity contribution is 9.10. The molecule has 0 saturated carbocycles. The van der Waals surface area contributed by atoms with Gasteiger partial charge in [-0.2, -0.15) is 4.68 Å². The van der Waals surface area contributed by atoms with Crippen molar-refractivity contribution in [1.29, 1.82) is 0 Å². The first-order chi connectivity index (χ1) is 9.11. The van der Waals surface area contributed by atoms with Crippen LogP contribution in [0.5, 0.6) is 0 Å². The van der Waals surface area contributed by atoms with E-state index >= 15 is 0 Å². The average Bonchev–Trinajstić information content (AvgIpc) is 2.92. The standard InChI is InChI=1S/C11H12BrN5O2/c1-7(5-18)14-11(19)9-4-8(12)2-3-10(9)17-6-13-15-16-17/h2-4,6-7,18H,5H2,1H3,(H,14,19)/t7-/m1/s1. The molecule has 0 spiro atoms. The predicted octanol–water partition coefficient (Wildman–Crippen LogP) is 0.535. The number of carbonyl (C=O) groups excluding carboxylic acids is 1. The van der Waals surface area contributed by atoms with Crippen molar-refractivity contribution in [2.24, 2.45) is 0 Å². The fraction of sp³-hybridized carbons (Fsp3) is 0.273. The lowest BCUT2D eigenvalue weighted by Gasteiger charge is -2.13. The van der Waals surface area contributed by atoms with E-state index in [1.807, 2.05) is 0 Å². The Morgan fingerprint density at radius 1 is 1.58 bits per heavy atom. The summed E-state index contributed by atoms with van der Waals surface area (Å²) < 4.78 is 2.18. The van der Waals surface area contributed by atoms with Gasteiger partial charge in [-0.25, -0.2) is 0 Å². The fourth-order valence-corrected chi connectivity index (χ4v) is 1.87. The van der Waals surface area contributed by atoms with E-state index in [2.05, 4.69) is 36.8 Å². The first-order valence-corrected chi connectivity index (χ1v) is 6.35. The molecule has 1 heterocycles. The molecule has 1 amide bonds. The molecule has 1 aromatic carbocycles. The molecule has 2 aromatic rings. The fourth-order valence-electron chi connectivity index (χ4n) is 1.51. The van der Waals surface area contributed by atoms with Crippen LogP contribution in [0, 0.1) is 0 Å². The van der Waals surface area contributed by atoms with Crippen LogP contribution in [0.4, 0.5) is 0 Å². The number of hydrogen-bond donors (Lipinski definition) is 2. The monoisotopic (exact) mass is 325 g/mol. The van der Waals surface area contributed by atoms with Crippen LogP contribution in [0.2, 0.25) is 0 Å². The highest BCUT2D eigenvalue weighted by atomic mass is 79.9. The van der Waals surface area contributed by atoms with Crippen LogP contribution in [0.15, 0.2) is 29.0 Å². The van der Waals surface area contributed by atoms with E-state index in [4.69, 9.17) is 5.11 Å². The number of hydrogen-bond acceptors (Lipinski definition) is 5. The van der Waals surface area contributed by atoms with Crippen LogP contribution in [0.1, 0.15) is 17.3 Å². The normalized spacial score (nSPS) is 12.2. The molecule has 100 valence electrons. The Morgan fingerprint density at radius 2 is 2.37 bits per heavy atom. The van der Waals surface area contributed by atoms with Gasteiger partial charge < -0.3 is 10.4 Å². The second kappa shape index (κ2) is 5.89. The van der Waals surface area contributed by atoms with Gasteiger partial charge >= 0.3 is 0 Å². The van der Waals surface area contributed by atoms with Crippen LogP contribution in [-0.2, 0) is 0 Å². The number of aliphatic hydroxyl groups excluding tert-OH is 1. The molecule has 0 aliphatic carbocycles. The summed E-state index contributed by atoms with van der Waals surface area (Å²) in [7, 11) is 0. The summed E-state index contributed by atoms with van der Waals surface area (Å²) in [6.45, 7) is 1.59. The summed E-state index contributed by atoms with van der Waals surface area (Å²) in [5.74, 6) is -0.298. The lowest BCUT2D eigenvalue weighted by molar-refractivity contribution is 0.0922. The average molecular weight is 326 g/mol. The summed E-state index contributed by atoms with van der Waals surface area (Å²) in [5, 5.41) is 22.5. The van der Waals surface area contributed by atoms with Gasteiger partial charge in [-0.3, -0.25) is 4.79 Å². The Bertz CT molecular complexity index is 572. The van der Waals surface area contributed by atoms with Gasteiger partial charge in [0.25, 0.3) is 5.91 Å². The van der Waals surface area contributed by atoms with Gasteiger partial charge in [-0.1, -0.05) is 15.9 Å². The number of rotatable bonds is 4. The summed E-state index contributed by atoms with van der Waals surface area (Å²) in [5.41, 5.74) is 0.984. The smallest absolute Gasteiger partial charge is 0.253 e. The molecule has 2 N–H and O–H groups in total. The lowest BCUT2D eigenvalue weighted by atomic mass is 10.1. The maximum absolute atomic E-state index is 12.2. The van der Waals surface area contributed by atoms with Gasteiger partial charge in [0.1, 0.15) is 6.33 Å². The minimum absolute atomic E-state index is 0.125. The molecule has 0 unspecified atom stereocenters. The highest BCUT2D eigenvalue weighted by Gasteiger charge is 2.16. The SMILES string of the molecule is C[C@H](CO)NC(=O)c1cc(Br)ccc1-n1cnnn1. The Balaban J connectivity index is 2.38. The van der Waals surface area contributed by atoms with E-state index in [1.54, 1.807) is 25.1 Å². The van der Waals surface area contributed by atoms with Gasteiger partial charge in [0.15, 0.2) is 0 Å². The molecule has 1 atom stereocenters. The maximum Gasteiger partial charge on any atom is 0.253 e. The van der Waals surface area contributed by atoms with Crippen LogP contribution < -0.4 is 5.32 Å². The number of amides is 1. The van der Waals surface area contributed by atoms with Crippen molar-refractivity contribution in [3.63, 3.8) is 0 Å². The number of nitrogens with one attached hydrogen (secondary N) is 1. The largest absolute Gasteiger partial charge is 0.394 e. The Morgan fingerprint density at radius 3 is 3.00 bits per heavy atom. The second-order valence-corrected chi connectivity index (χ2v) is 4.89. The molecule has 19 heavy (non-hydrogen) atoms. The molecule has 7 nitrogen and oxygen atoms in total. The van der Waals surface area contributed by atoms with Crippen LogP contribution in [0.25, 0.3) is 5.69 Å². The zero-order valence-electron chi connectivity index (χ0n) is 10.1. The number of aliphatic hydroxyl groups is 1. The Hall–Kier alpha value is -1.80. The van der Waals surface area contributed by atoms with Crippen LogP contribution in [0.3, 0.4) is 0 Å². The number of carbonyl (C=O) groups is 1. The molecule has 0 aliphatic heterocycles. The molecular formula is C11H12BrN5O2. The number of tetrazole rings is 1. The van der Waals surface area contributed by atoms with E-state index in [0.29, 0.717) is 11.3 Å². The summed E-state index contributed by atoms with van der Waals surface area (Å²) >= 11 is 3.32. The lowest BCUT2D eigenvalue weighted by Crippen LogP contribution is -2.35. The second-order valence-electron chi connectivity index (χ2n) is 3.97. The van der Waals surface area contributed by atoms with Gasteiger partial charge in [-0.15, -0.1) is 5.10 Å².